The van der Waals surface area contributed by atoms with Crippen LogP contribution in [-0.2, 0) is 18.3 Å². The summed E-state index contributed by atoms with van der Waals surface area (Å²) in [6.45, 7) is 8.08. The summed E-state index contributed by atoms with van der Waals surface area (Å²) >= 11 is 1.53. The maximum absolute atomic E-state index is 12.5. The highest BCUT2D eigenvalue weighted by Crippen LogP contribution is 2.22. The monoisotopic (exact) mass is 358 g/mol. The predicted octanol–water partition coefficient (Wildman–Crippen LogP) is 2.83. The number of ether oxygens (including phenoxy) is 1. The molecule has 2 heterocycles. The van der Waals surface area contributed by atoms with Crippen LogP contribution in [-0.4, -0.2) is 33.5 Å². The molecule has 0 spiro atoms. The molecule has 0 N–H and O–H groups in total. The largest absolute Gasteiger partial charge is 0.380 e. The Hall–Kier alpha value is -2.25. The second-order valence-electron chi connectivity index (χ2n) is 5.89. The molecule has 2 aromatic heterocycles. The van der Waals surface area contributed by atoms with Crippen molar-refractivity contribution in [3.63, 3.8) is 0 Å². The minimum Gasteiger partial charge on any atom is -0.380 e. The van der Waals surface area contributed by atoms with Crippen LogP contribution in [0.5, 0.6) is 0 Å². The number of nitrogens with zero attached hydrogens (tertiary/aromatic N) is 4. The number of hydrogen-bond donors (Lipinski definition) is 0. The van der Waals surface area contributed by atoms with E-state index >= 15 is 0 Å². The first-order valence-corrected chi connectivity index (χ1v) is 9.08. The summed E-state index contributed by atoms with van der Waals surface area (Å²) in [7, 11) is 1.74. The van der Waals surface area contributed by atoms with E-state index in [0.29, 0.717) is 30.3 Å². The lowest BCUT2D eigenvalue weighted by atomic mass is 10.1. The quantitative estimate of drug-likeness (QED) is 0.659. The van der Waals surface area contributed by atoms with Gasteiger partial charge in [-0.25, -0.2) is 0 Å². The van der Waals surface area contributed by atoms with Crippen molar-refractivity contribution in [3.05, 3.63) is 46.0 Å². The second kappa shape index (κ2) is 7.33. The summed E-state index contributed by atoms with van der Waals surface area (Å²) in [6, 6.07) is 5.98. The number of thiazole rings is 1. The van der Waals surface area contributed by atoms with E-state index in [2.05, 4.69) is 40.6 Å². The number of hydrogen-bond acceptors (Lipinski definition) is 4. The summed E-state index contributed by atoms with van der Waals surface area (Å²) < 4.78 is 10.2. The highest BCUT2D eigenvalue weighted by atomic mass is 32.1. The molecule has 0 fully saturated rings. The van der Waals surface area contributed by atoms with Crippen LogP contribution in [0, 0.1) is 13.8 Å². The molecule has 0 saturated heterocycles. The molecule has 7 heteroatoms. The number of aromatic nitrogens is 3. The van der Waals surface area contributed by atoms with E-state index < -0.39 is 0 Å². The maximum atomic E-state index is 12.5. The van der Waals surface area contributed by atoms with Crippen molar-refractivity contribution in [1.29, 1.82) is 0 Å². The Balaban J connectivity index is 2.12. The van der Waals surface area contributed by atoms with Gasteiger partial charge in [0, 0.05) is 26.4 Å². The van der Waals surface area contributed by atoms with E-state index in [-0.39, 0.29) is 5.91 Å². The van der Waals surface area contributed by atoms with Crippen molar-refractivity contribution in [2.24, 2.45) is 12.0 Å². The Morgan fingerprint density at radius 3 is 2.76 bits per heavy atom. The fraction of sp³-hybridized carbons (Fsp3) is 0.389. The van der Waals surface area contributed by atoms with Gasteiger partial charge in [0.1, 0.15) is 5.69 Å². The number of fused-ring (bicyclic) bond motifs is 1. The number of benzene rings is 1. The van der Waals surface area contributed by atoms with E-state index in [1.165, 1.54) is 27.1 Å². The van der Waals surface area contributed by atoms with Crippen molar-refractivity contribution in [3.8, 4) is 0 Å². The maximum Gasteiger partial charge on any atom is 0.297 e. The van der Waals surface area contributed by atoms with Gasteiger partial charge in [-0.05, 0) is 50.1 Å². The van der Waals surface area contributed by atoms with Gasteiger partial charge in [-0.15, -0.1) is 0 Å². The van der Waals surface area contributed by atoms with E-state index in [1.54, 1.807) is 19.3 Å². The molecule has 0 aliphatic heterocycles. The van der Waals surface area contributed by atoms with Gasteiger partial charge in [-0.2, -0.15) is 10.1 Å². The Labute approximate surface area is 150 Å². The average molecular weight is 358 g/mol. The molecule has 0 bridgehead atoms. The molecule has 3 aromatic rings. The van der Waals surface area contributed by atoms with Crippen molar-refractivity contribution in [1.82, 2.24) is 14.3 Å². The summed E-state index contributed by atoms with van der Waals surface area (Å²) in [5, 5.41) is 4.04. The van der Waals surface area contributed by atoms with Crippen LogP contribution in [0.1, 0.15) is 28.5 Å². The lowest BCUT2D eigenvalue weighted by Crippen LogP contribution is -2.20. The minimum absolute atomic E-state index is 0.287. The molecule has 3 rings (SSSR count). The van der Waals surface area contributed by atoms with Crippen LogP contribution >= 0.6 is 11.3 Å². The Kier molecular flexibility index (Phi) is 5.15. The van der Waals surface area contributed by atoms with Gasteiger partial charge in [0.2, 0.25) is 0 Å². The molecule has 0 atom stereocenters. The number of aryl methyl sites for hydroxylation is 3. The van der Waals surface area contributed by atoms with Crippen LogP contribution in [0.2, 0.25) is 0 Å². The van der Waals surface area contributed by atoms with Gasteiger partial charge in [-0.1, -0.05) is 11.3 Å². The zero-order valence-corrected chi connectivity index (χ0v) is 15.8. The normalized spacial score (nSPS) is 12.2. The second-order valence-corrected chi connectivity index (χ2v) is 6.90. The van der Waals surface area contributed by atoms with Gasteiger partial charge >= 0.3 is 0 Å². The molecule has 1 aromatic carbocycles. The molecular weight excluding hydrogens is 336 g/mol. The smallest absolute Gasteiger partial charge is 0.297 e. The van der Waals surface area contributed by atoms with Gasteiger partial charge in [0.05, 0.1) is 16.8 Å². The molecule has 0 unspecified atom stereocenters. The molecule has 132 valence electrons. The van der Waals surface area contributed by atoms with Gasteiger partial charge in [0.25, 0.3) is 5.91 Å². The molecule has 25 heavy (non-hydrogen) atoms. The Morgan fingerprint density at radius 2 is 2.08 bits per heavy atom. The van der Waals surface area contributed by atoms with Crippen LogP contribution < -0.4 is 4.80 Å². The summed E-state index contributed by atoms with van der Waals surface area (Å²) in [4.78, 5) is 17.6. The fourth-order valence-corrected chi connectivity index (χ4v) is 3.79. The SMILES string of the molecule is CCOCCn1c(=NC(=O)c2ccnn2C)sc2cc(C)c(C)cc21. The zero-order chi connectivity index (χ0) is 18.0. The highest BCUT2D eigenvalue weighted by molar-refractivity contribution is 7.16. The van der Waals surface area contributed by atoms with Crippen molar-refractivity contribution in [2.45, 2.75) is 27.3 Å². The van der Waals surface area contributed by atoms with E-state index in [1.807, 2.05) is 6.92 Å². The molecule has 0 radical (unpaired) electrons. The lowest BCUT2D eigenvalue weighted by Gasteiger charge is -2.07. The zero-order valence-electron chi connectivity index (χ0n) is 14.9. The highest BCUT2D eigenvalue weighted by Gasteiger charge is 2.12. The molecule has 0 saturated carbocycles. The predicted molar refractivity (Wildman–Crippen MR) is 98.9 cm³/mol. The average Bonchev–Trinajstić information content (AvgIpc) is 3.13. The number of amides is 1. The van der Waals surface area contributed by atoms with Gasteiger partial charge < -0.3 is 9.30 Å². The fourth-order valence-electron chi connectivity index (χ4n) is 2.65. The van der Waals surface area contributed by atoms with Crippen LogP contribution in [0.25, 0.3) is 10.2 Å². The third kappa shape index (κ3) is 3.57. The third-order valence-corrected chi connectivity index (χ3v) is 5.24. The lowest BCUT2D eigenvalue weighted by molar-refractivity contribution is 0.0987. The Morgan fingerprint density at radius 1 is 1.32 bits per heavy atom. The minimum atomic E-state index is -0.287. The third-order valence-electron chi connectivity index (χ3n) is 4.20. The first kappa shape index (κ1) is 17.6. The first-order chi connectivity index (χ1) is 12.0. The molecule has 0 aliphatic rings. The standard InChI is InChI=1S/C18H22N4O2S/c1-5-24-9-8-22-15-10-12(2)13(3)11-16(15)25-18(22)20-17(23)14-6-7-19-21(14)4/h6-7,10-11H,5,8-9H2,1-4H3. The first-order valence-electron chi connectivity index (χ1n) is 8.26. The molecule has 0 aliphatic carbocycles. The van der Waals surface area contributed by atoms with Crippen LogP contribution in [0.3, 0.4) is 0 Å². The number of carbonyl (C=O) groups excluding carboxylic acids is 1. The number of carbonyl (C=O) groups is 1. The van der Waals surface area contributed by atoms with Gasteiger partial charge in [0.15, 0.2) is 4.80 Å². The summed E-state index contributed by atoms with van der Waals surface area (Å²) in [5.74, 6) is -0.287. The Bertz CT molecular complexity index is 981. The van der Waals surface area contributed by atoms with Crippen molar-refractivity contribution >= 4 is 27.5 Å². The van der Waals surface area contributed by atoms with Crippen LogP contribution in [0.4, 0.5) is 0 Å². The van der Waals surface area contributed by atoms with Crippen LogP contribution in [0.15, 0.2) is 29.4 Å². The van der Waals surface area contributed by atoms with E-state index in [9.17, 15) is 4.79 Å². The summed E-state index contributed by atoms with van der Waals surface area (Å²) in [5.41, 5.74) is 4.01. The molecule has 1 amide bonds. The van der Waals surface area contributed by atoms with E-state index in [0.717, 1.165) is 10.2 Å². The molecule has 6 nitrogen and oxygen atoms in total. The van der Waals surface area contributed by atoms with Crippen molar-refractivity contribution < 1.29 is 9.53 Å². The molecular formula is C18H22N4O2S. The van der Waals surface area contributed by atoms with Crippen molar-refractivity contribution in [2.75, 3.05) is 13.2 Å². The van der Waals surface area contributed by atoms with E-state index in [4.69, 9.17) is 4.74 Å². The van der Waals surface area contributed by atoms with Gasteiger partial charge in [-0.3, -0.25) is 9.48 Å². The topological polar surface area (TPSA) is 61.4 Å². The number of rotatable bonds is 5. The summed E-state index contributed by atoms with van der Waals surface area (Å²) in [6.07, 6.45) is 1.60.